The van der Waals surface area contributed by atoms with Crippen LogP contribution in [0.4, 0.5) is 0 Å². The Kier molecular flexibility index (Phi) is 2.39. The predicted molar refractivity (Wildman–Crippen MR) is 43.1 cm³/mol. The monoisotopic (exact) mass is 155 g/mol. The molecule has 0 saturated carbocycles. The summed E-state index contributed by atoms with van der Waals surface area (Å²) in [5, 5.41) is 1.96. The Labute approximate surface area is 63.6 Å². The maximum atomic E-state index is 5.33. The molecular weight excluding hydrogens is 146 g/mol. The fraction of sp³-hybridized carbons (Fsp3) is 0.333. The average Bonchev–Trinajstić information content (AvgIpc) is 2.34. The first-order chi connectivity index (χ1) is 4.79. The number of thiazole rings is 1. The van der Waals surface area contributed by atoms with Gasteiger partial charge in [-0.25, -0.2) is 4.98 Å². The summed E-state index contributed by atoms with van der Waals surface area (Å²) in [5.41, 5.74) is 8.10. The minimum atomic E-state index is 0.603. The maximum Gasteiger partial charge on any atom is 0.0910 e. The Balaban J connectivity index is 2.49. The van der Waals surface area contributed by atoms with Gasteiger partial charge in [0.2, 0.25) is 0 Å². The van der Waals surface area contributed by atoms with Crippen molar-refractivity contribution in [2.75, 3.05) is 0 Å². The lowest BCUT2D eigenvalue weighted by atomic mass is 10.5. The number of hydrogen-bond donors (Lipinski definition) is 1. The zero-order valence-corrected chi connectivity index (χ0v) is 6.56. The van der Waals surface area contributed by atoms with E-state index in [1.54, 1.807) is 23.8 Å². The van der Waals surface area contributed by atoms with E-state index in [4.69, 9.17) is 5.73 Å². The lowest BCUT2D eigenvalue weighted by molar-refractivity contribution is 1.00. The molecule has 0 unspecified atom stereocenters. The van der Waals surface area contributed by atoms with Crippen LogP contribution in [0.1, 0.15) is 12.6 Å². The quantitative estimate of drug-likeness (QED) is 0.512. The van der Waals surface area contributed by atoms with Crippen LogP contribution in [0.25, 0.3) is 0 Å². The molecule has 0 aliphatic heterocycles. The highest BCUT2D eigenvalue weighted by Gasteiger charge is 1.90. The van der Waals surface area contributed by atoms with Gasteiger partial charge in [0.15, 0.2) is 0 Å². The second kappa shape index (κ2) is 3.31. The third-order valence-electron chi connectivity index (χ3n) is 0.974. The fourth-order valence-corrected chi connectivity index (χ4v) is 1.07. The van der Waals surface area contributed by atoms with Crippen molar-refractivity contribution >= 4 is 17.2 Å². The summed E-state index contributed by atoms with van der Waals surface area (Å²) < 4.78 is 0. The largest absolute Gasteiger partial charge is 0.388 e. The van der Waals surface area contributed by atoms with Crippen molar-refractivity contribution in [2.24, 2.45) is 10.7 Å². The van der Waals surface area contributed by atoms with Gasteiger partial charge in [-0.15, -0.1) is 11.3 Å². The Bertz CT molecular complexity index is 211. The fourth-order valence-electron chi connectivity index (χ4n) is 0.521. The summed E-state index contributed by atoms with van der Waals surface area (Å²) in [6.07, 6.45) is 0. The summed E-state index contributed by atoms with van der Waals surface area (Å²) >= 11 is 1.57. The minimum Gasteiger partial charge on any atom is -0.388 e. The van der Waals surface area contributed by atoms with E-state index in [2.05, 4.69) is 9.98 Å². The van der Waals surface area contributed by atoms with Gasteiger partial charge in [0.25, 0.3) is 0 Å². The third kappa shape index (κ3) is 2.14. The number of aliphatic imine (C=N–C) groups is 1. The standard InChI is InChI=1S/C6H9N3S/c1-5(7)8-2-6-3-10-4-9-6/h3-4H,2H2,1H3,(H2,7,8). The second-order valence-electron chi connectivity index (χ2n) is 1.94. The molecule has 0 saturated heterocycles. The highest BCUT2D eigenvalue weighted by molar-refractivity contribution is 7.07. The van der Waals surface area contributed by atoms with Gasteiger partial charge in [-0.05, 0) is 6.92 Å². The van der Waals surface area contributed by atoms with E-state index in [1.165, 1.54) is 0 Å². The SMILES string of the molecule is CC(N)=NCc1cscn1. The summed E-state index contributed by atoms with van der Waals surface area (Å²) in [5.74, 6) is 0.605. The van der Waals surface area contributed by atoms with Crippen LogP contribution < -0.4 is 5.73 Å². The van der Waals surface area contributed by atoms with Gasteiger partial charge < -0.3 is 5.73 Å². The van der Waals surface area contributed by atoms with E-state index in [9.17, 15) is 0 Å². The molecule has 1 rings (SSSR count). The van der Waals surface area contributed by atoms with Crippen LogP contribution >= 0.6 is 11.3 Å². The zero-order valence-electron chi connectivity index (χ0n) is 5.74. The van der Waals surface area contributed by atoms with E-state index in [0.717, 1.165) is 5.69 Å². The van der Waals surface area contributed by atoms with Crippen molar-refractivity contribution in [1.29, 1.82) is 0 Å². The van der Waals surface area contributed by atoms with Crippen molar-refractivity contribution in [3.8, 4) is 0 Å². The first kappa shape index (κ1) is 7.21. The molecule has 0 aromatic carbocycles. The van der Waals surface area contributed by atoms with Crippen LogP contribution in [0.3, 0.4) is 0 Å². The highest BCUT2D eigenvalue weighted by Crippen LogP contribution is 2.01. The van der Waals surface area contributed by atoms with Crippen molar-refractivity contribution in [1.82, 2.24) is 4.98 Å². The van der Waals surface area contributed by atoms with Crippen molar-refractivity contribution in [2.45, 2.75) is 13.5 Å². The van der Waals surface area contributed by atoms with Gasteiger partial charge in [0.05, 0.1) is 23.6 Å². The molecule has 0 aliphatic rings. The number of aromatic nitrogens is 1. The first-order valence-electron chi connectivity index (χ1n) is 2.92. The van der Waals surface area contributed by atoms with Crippen molar-refractivity contribution in [3.63, 3.8) is 0 Å². The van der Waals surface area contributed by atoms with Gasteiger partial charge in [0.1, 0.15) is 0 Å². The highest BCUT2D eigenvalue weighted by atomic mass is 32.1. The van der Waals surface area contributed by atoms with Gasteiger partial charge >= 0.3 is 0 Å². The van der Waals surface area contributed by atoms with Gasteiger partial charge in [0, 0.05) is 5.38 Å². The van der Waals surface area contributed by atoms with Crippen LogP contribution in [-0.4, -0.2) is 10.8 Å². The number of nitrogens with two attached hydrogens (primary N) is 1. The molecule has 1 heterocycles. The Morgan fingerprint density at radius 3 is 3.20 bits per heavy atom. The molecule has 0 fully saturated rings. The summed E-state index contributed by atoms with van der Waals surface area (Å²) in [6.45, 7) is 2.37. The normalized spacial score (nSPS) is 11.9. The molecule has 10 heavy (non-hydrogen) atoms. The molecule has 1 aromatic rings. The van der Waals surface area contributed by atoms with Crippen LogP contribution in [-0.2, 0) is 6.54 Å². The van der Waals surface area contributed by atoms with E-state index in [1.807, 2.05) is 5.38 Å². The van der Waals surface area contributed by atoms with Crippen molar-refractivity contribution in [3.05, 3.63) is 16.6 Å². The smallest absolute Gasteiger partial charge is 0.0910 e. The predicted octanol–water partition coefficient (Wildman–Crippen LogP) is 1.02. The number of hydrogen-bond acceptors (Lipinski definition) is 3. The van der Waals surface area contributed by atoms with E-state index in [-0.39, 0.29) is 0 Å². The zero-order chi connectivity index (χ0) is 7.40. The minimum absolute atomic E-state index is 0.603. The van der Waals surface area contributed by atoms with E-state index >= 15 is 0 Å². The molecule has 4 heteroatoms. The lowest BCUT2D eigenvalue weighted by Crippen LogP contribution is -2.05. The Morgan fingerprint density at radius 2 is 2.70 bits per heavy atom. The third-order valence-corrected chi connectivity index (χ3v) is 1.61. The van der Waals surface area contributed by atoms with Crippen LogP contribution in [0.2, 0.25) is 0 Å². The molecule has 0 amide bonds. The van der Waals surface area contributed by atoms with Crippen molar-refractivity contribution < 1.29 is 0 Å². The molecule has 0 aliphatic carbocycles. The Morgan fingerprint density at radius 1 is 1.90 bits per heavy atom. The topological polar surface area (TPSA) is 51.3 Å². The summed E-state index contributed by atoms with van der Waals surface area (Å²) in [4.78, 5) is 8.05. The molecule has 3 nitrogen and oxygen atoms in total. The van der Waals surface area contributed by atoms with Crippen LogP contribution in [0.15, 0.2) is 15.9 Å². The van der Waals surface area contributed by atoms with Crippen LogP contribution in [0.5, 0.6) is 0 Å². The number of rotatable bonds is 2. The molecule has 1 aromatic heterocycles. The second-order valence-corrected chi connectivity index (χ2v) is 2.66. The first-order valence-corrected chi connectivity index (χ1v) is 3.87. The summed E-state index contributed by atoms with van der Waals surface area (Å²) in [6, 6.07) is 0. The number of amidine groups is 1. The lowest BCUT2D eigenvalue weighted by Gasteiger charge is -1.88. The van der Waals surface area contributed by atoms with Crippen LogP contribution in [0, 0.1) is 0 Å². The molecule has 54 valence electrons. The molecule has 2 N–H and O–H groups in total. The van der Waals surface area contributed by atoms with Gasteiger partial charge in [-0.2, -0.15) is 0 Å². The van der Waals surface area contributed by atoms with E-state index in [0.29, 0.717) is 12.4 Å². The van der Waals surface area contributed by atoms with Gasteiger partial charge in [-0.3, -0.25) is 4.99 Å². The molecule has 0 atom stereocenters. The molecule has 0 bridgehead atoms. The molecule has 0 radical (unpaired) electrons. The maximum absolute atomic E-state index is 5.33. The Hall–Kier alpha value is -0.900. The summed E-state index contributed by atoms with van der Waals surface area (Å²) in [7, 11) is 0. The molecule has 0 spiro atoms. The number of nitrogens with zero attached hydrogens (tertiary/aromatic N) is 2. The van der Waals surface area contributed by atoms with Gasteiger partial charge in [-0.1, -0.05) is 0 Å². The average molecular weight is 155 g/mol. The molecular formula is C6H9N3S. The van der Waals surface area contributed by atoms with E-state index < -0.39 is 0 Å².